The van der Waals surface area contributed by atoms with E-state index in [-0.39, 0.29) is 11.1 Å². The molecule has 0 radical (unpaired) electrons. The molecule has 0 aliphatic heterocycles. The zero-order chi connectivity index (χ0) is 18.4. The molecule has 2 rings (SSSR count). The maximum Gasteiger partial charge on any atom is 0.267 e. The number of nitrogen functional groups attached to an aromatic ring is 1. The second-order valence-corrected chi connectivity index (χ2v) is 6.39. The molecule has 0 saturated carbocycles. The number of nitrogens with zero attached hydrogens (tertiary/aromatic N) is 1. The number of aryl methyl sites for hydroxylation is 1. The summed E-state index contributed by atoms with van der Waals surface area (Å²) in [6, 6.07) is 13.8. The predicted molar refractivity (Wildman–Crippen MR) is 105 cm³/mol. The molecule has 0 aliphatic carbocycles. The number of nitrogens with two attached hydrogens (primary N) is 1. The number of para-hydroxylation sites is 1. The van der Waals surface area contributed by atoms with Crippen LogP contribution in [0.25, 0.3) is 0 Å². The Labute approximate surface area is 158 Å². The van der Waals surface area contributed by atoms with E-state index in [4.69, 9.17) is 11.0 Å². The summed E-state index contributed by atoms with van der Waals surface area (Å²) < 4.78 is 1.04. The number of amides is 2. The fourth-order valence-electron chi connectivity index (χ4n) is 2.02. The van der Waals surface area contributed by atoms with Crippen molar-refractivity contribution in [2.45, 2.75) is 6.92 Å². The van der Waals surface area contributed by atoms with Gasteiger partial charge in [0.15, 0.2) is 0 Å². The lowest BCUT2D eigenvalue weighted by Gasteiger charge is -2.08. The summed E-state index contributed by atoms with van der Waals surface area (Å²) in [4.78, 5) is 24.3. The average Bonchev–Trinajstić information content (AvgIpc) is 2.58. The Balaban J connectivity index is 2.12. The van der Waals surface area contributed by atoms with Gasteiger partial charge in [-0.2, -0.15) is 5.26 Å². The van der Waals surface area contributed by atoms with E-state index in [2.05, 4.69) is 33.2 Å². The molecule has 0 spiro atoms. The molecule has 2 amide bonds. The minimum Gasteiger partial charge on any atom is -0.398 e. The first-order chi connectivity index (χ1) is 11.9. The molecule has 0 aromatic heterocycles. The molecule has 0 heterocycles. The van der Waals surface area contributed by atoms with Gasteiger partial charge in [-0.1, -0.05) is 12.1 Å². The van der Waals surface area contributed by atoms with Gasteiger partial charge in [-0.25, -0.2) is 0 Å². The van der Waals surface area contributed by atoms with Gasteiger partial charge in [0.05, 0.1) is 5.56 Å². The van der Waals surface area contributed by atoms with Crippen molar-refractivity contribution in [3.63, 3.8) is 0 Å². The first kappa shape index (κ1) is 18.5. The van der Waals surface area contributed by atoms with Gasteiger partial charge in [-0.3, -0.25) is 9.59 Å². The highest BCUT2D eigenvalue weighted by molar-refractivity contribution is 14.1. The van der Waals surface area contributed by atoms with Crippen LogP contribution < -0.4 is 16.4 Å². The average molecular weight is 446 g/mol. The van der Waals surface area contributed by atoms with Crippen LogP contribution >= 0.6 is 22.6 Å². The highest BCUT2D eigenvalue weighted by Crippen LogP contribution is 2.18. The number of nitriles is 1. The molecule has 0 aliphatic rings. The molecular formula is C18H15IN4O2. The molecule has 0 bridgehead atoms. The Morgan fingerprint density at radius 2 is 1.96 bits per heavy atom. The Kier molecular flexibility index (Phi) is 6.14. The van der Waals surface area contributed by atoms with Gasteiger partial charge >= 0.3 is 0 Å². The van der Waals surface area contributed by atoms with Crippen molar-refractivity contribution in [1.29, 1.82) is 5.26 Å². The Morgan fingerprint density at radius 3 is 2.60 bits per heavy atom. The maximum absolute atomic E-state index is 12.2. The monoisotopic (exact) mass is 446 g/mol. The summed E-state index contributed by atoms with van der Waals surface area (Å²) in [5, 5.41) is 14.2. The number of anilines is 2. The minimum absolute atomic E-state index is 0.221. The van der Waals surface area contributed by atoms with Crippen LogP contribution in [0.15, 0.2) is 54.2 Å². The summed E-state index contributed by atoms with van der Waals surface area (Å²) >= 11 is 2.17. The molecule has 0 unspecified atom stereocenters. The first-order valence-corrected chi connectivity index (χ1v) is 8.33. The molecular weight excluding hydrogens is 431 g/mol. The van der Waals surface area contributed by atoms with Gasteiger partial charge in [0.25, 0.3) is 11.8 Å². The van der Waals surface area contributed by atoms with Crippen molar-refractivity contribution in [3.05, 3.63) is 68.9 Å². The standard InChI is InChI=1S/C18H15IN4O2/c1-11-8-13(19)6-7-16(11)23-17(24)12(9-20)10-22-18(25)14-4-2-3-5-15(14)21/h2-8,10H,21H2,1H3,(H,22,25)(H,23,24)/b12-10-. The van der Waals surface area contributed by atoms with E-state index in [0.717, 1.165) is 15.3 Å². The Hall–Kier alpha value is -2.86. The van der Waals surface area contributed by atoms with E-state index in [1.54, 1.807) is 36.4 Å². The number of carbonyl (C=O) groups excluding carboxylic acids is 2. The van der Waals surface area contributed by atoms with Gasteiger partial charge in [-0.15, -0.1) is 0 Å². The number of rotatable bonds is 4. The van der Waals surface area contributed by atoms with Crippen molar-refractivity contribution < 1.29 is 9.59 Å². The van der Waals surface area contributed by atoms with Gasteiger partial charge in [0.2, 0.25) is 0 Å². The summed E-state index contributed by atoms with van der Waals surface area (Å²) in [7, 11) is 0. The maximum atomic E-state index is 12.2. The highest BCUT2D eigenvalue weighted by atomic mass is 127. The molecule has 4 N–H and O–H groups in total. The van der Waals surface area contributed by atoms with Crippen molar-refractivity contribution in [2.75, 3.05) is 11.1 Å². The van der Waals surface area contributed by atoms with Crippen LogP contribution in [0, 0.1) is 21.8 Å². The number of hydrogen-bond donors (Lipinski definition) is 3. The summed E-state index contributed by atoms with van der Waals surface area (Å²) in [6.45, 7) is 1.85. The van der Waals surface area contributed by atoms with Crippen molar-refractivity contribution in [3.8, 4) is 6.07 Å². The smallest absolute Gasteiger partial charge is 0.267 e. The third-order valence-electron chi connectivity index (χ3n) is 3.35. The molecule has 25 heavy (non-hydrogen) atoms. The molecule has 0 atom stereocenters. The number of nitrogens with one attached hydrogen (secondary N) is 2. The molecule has 7 heteroatoms. The second kappa shape index (κ2) is 8.30. The Bertz CT molecular complexity index is 900. The molecule has 0 fully saturated rings. The fourth-order valence-corrected chi connectivity index (χ4v) is 2.67. The molecule has 126 valence electrons. The third kappa shape index (κ3) is 4.81. The van der Waals surface area contributed by atoms with Crippen LogP contribution in [0.5, 0.6) is 0 Å². The lowest BCUT2D eigenvalue weighted by Crippen LogP contribution is -2.22. The Morgan fingerprint density at radius 1 is 1.24 bits per heavy atom. The zero-order valence-corrected chi connectivity index (χ0v) is 15.5. The molecule has 2 aromatic rings. The lowest BCUT2D eigenvalue weighted by molar-refractivity contribution is -0.112. The topological polar surface area (TPSA) is 108 Å². The minimum atomic E-state index is -0.604. The van der Waals surface area contributed by atoms with Crippen LogP contribution in [-0.2, 0) is 4.79 Å². The van der Waals surface area contributed by atoms with E-state index >= 15 is 0 Å². The SMILES string of the molecule is Cc1cc(I)ccc1NC(=O)/C(C#N)=C\NC(=O)c1ccccc1N. The largest absolute Gasteiger partial charge is 0.398 e. The zero-order valence-electron chi connectivity index (χ0n) is 13.3. The van der Waals surface area contributed by atoms with Crippen molar-refractivity contribution >= 4 is 45.8 Å². The third-order valence-corrected chi connectivity index (χ3v) is 4.03. The summed E-state index contributed by atoms with van der Waals surface area (Å²) in [5.41, 5.74) is 7.56. The molecule has 6 nitrogen and oxygen atoms in total. The van der Waals surface area contributed by atoms with E-state index in [9.17, 15) is 9.59 Å². The van der Waals surface area contributed by atoms with E-state index in [1.807, 2.05) is 19.1 Å². The van der Waals surface area contributed by atoms with Gasteiger partial charge < -0.3 is 16.4 Å². The number of hydrogen-bond acceptors (Lipinski definition) is 4. The number of benzene rings is 2. The van der Waals surface area contributed by atoms with Crippen LogP contribution in [0.4, 0.5) is 11.4 Å². The van der Waals surface area contributed by atoms with Crippen LogP contribution in [0.2, 0.25) is 0 Å². The van der Waals surface area contributed by atoms with Crippen LogP contribution in [-0.4, -0.2) is 11.8 Å². The molecule has 2 aromatic carbocycles. The van der Waals surface area contributed by atoms with Gasteiger partial charge in [0, 0.05) is 21.1 Å². The lowest BCUT2D eigenvalue weighted by atomic mass is 10.1. The normalized spacial score (nSPS) is 10.7. The molecule has 0 saturated heterocycles. The first-order valence-electron chi connectivity index (χ1n) is 7.25. The van der Waals surface area contributed by atoms with E-state index in [0.29, 0.717) is 11.4 Å². The predicted octanol–water partition coefficient (Wildman–Crippen LogP) is 2.96. The van der Waals surface area contributed by atoms with Gasteiger partial charge in [-0.05, 0) is 65.4 Å². The quantitative estimate of drug-likeness (QED) is 0.291. The number of carbonyl (C=O) groups is 2. The highest BCUT2D eigenvalue weighted by Gasteiger charge is 2.13. The van der Waals surface area contributed by atoms with Crippen molar-refractivity contribution in [2.24, 2.45) is 0 Å². The fraction of sp³-hybridized carbons (Fsp3) is 0.0556. The summed E-state index contributed by atoms with van der Waals surface area (Å²) in [6.07, 6.45) is 1.08. The van der Waals surface area contributed by atoms with Crippen molar-refractivity contribution in [1.82, 2.24) is 5.32 Å². The van der Waals surface area contributed by atoms with E-state index in [1.165, 1.54) is 0 Å². The van der Waals surface area contributed by atoms with E-state index < -0.39 is 11.8 Å². The number of halogens is 1. The summed E-state index contributed by atoms with van der Waals surface area (Å²) in [5.74, 6) is -1.10. The van der Waals surface area contributed by atoms with Crippen LogP contribution in [0.3, 0.4) is 0 Å². The van der Waals surface area contributed by atoms with Gasteiger partial charge in [0.1, 0.15) is 11.6 Å². The second-order valence-electron chi connectivity index (χ2n) is 5.14. The van der Waals surface area contributed by atoms with Crippen LogP contribution in [0.1, 0.15) is 15.9 Å².